The van der Waals surface area contributed by atoms with Gasteiger partial charge in [-0.3, -0.25) is 4.79 Å². The first-order valence-corrected chi connectivity index (χ1v) is 5.62. The maximum absolute atomic E-state index is 12.2. The number of likely N-dealkylation sites (N-methyl/N-ethyl adjacent to an activating group) is 1. The molecule has 0 aromatic heterocycles. The summed E-state index contributed by atoms with van der Waals surface area (Å²) >= 11 is 0. The molecule has 0 radical (unpaired) electrons. The average Bonchev–Trinajstić information content (AvgIpc) is 2.27. The Balaban J connectivity index is 2.43. The minimum atomic E-state index is -4.75. The van der Waals surface area contributed by atoms with Crippen LogP contribution in [0.3, 0.4) is 0 Å². The second-order valence-corrected chi connectivity index (χ2v) is 4.29. The summed E-state index contributed by atoms with van der Waals surface area (Å²) in [6.07, 6.45) is -3.62. The van der Waals surface area contributed by atoms with Crippen LogP contribution in [-0.2, 0) is 4.79 Å². The summed E-state index contributed by atoms with van der Waals surface area (Å²) in [5, 5.41) is 0. The van der Waals surface area contributed by atoms with Crippen molar-refractivity contribution in [2.75, 3.05) is 33.2 Å². The predicted octanol–water partition coefficient (Wildman–Crippen LogP) is 0.430. The fourth-order valence-corrected chi connectivity index (χ4v) is 2.08. The largest absolute Gasteiger partial charge is 0.471 e. The molecule has 17 heavy (non-hydrogen) atoms. The lowest BCUT2D eigenvalue weighted by atomic mass is 10.0. The number of amides is 1. The quantitative estimate of drug-likeness (QED) is 0.793. The third-order valence-electron chi connectivity index (χ3n) is 3.10. The first kappa shape index (κ1) is 14.2. The molecule has 1 aliphatic rings. The Kier molecular flexibility index (Phi) is 4.76. The molecular weight excluding hydrogens is 235 g/mol. The van der Waals surface area contributed by atoms with Crippen molar-refractivity contribution in [1.82, 2.24) is 9.80 Å². The number of hydrogen-bond donors (Lipinski definition) is 1. The van der Waals surface area contributed by atoms with Gasteiger partial charge >= 0.3 is 12.1 Å². The van der Waals surface area contributed by atoms with Crippen molar-refractivity contribution >= 4 is 5.91 Å². The lowest BCUT2D eigenvalue weighted by Crippen LogP contribution is -2.49. The Morgan fingerprint density at radius 2 is 1.94 bits per heavy atom. The number of carbonyl (C=O) groups excluding carboxylic acids is 1. The molecule has 1 fully saturated rings. The Bertz CT molecular complexity index is 262. The van der Waals surface area contributed by atoms with E-state index in [-0.39, 0.29) is 19.1 Å². The molecule has 1 rings (SSSR count). The van der Waals surface area contributed by atoms with Crippen LogP contribution in [0.2, 0.25) is 0 Å². The van der Waals surface area contributed by atoms with Crippen LogP contribution < -0.4 is 5.73 Å². The van der Waals surface area contributed by atoms with Gasteiger partial charge in [0, 0.05) is 32.2 Å². The maximum Gasteiger partial charge on any atom is 0.471 e. The molecule has 0 bridgehead atoms. The number of alkyl halides is 3. The molecule has 100 valence electrons. The molecule has 4 nitrogen and oxygen atoms in total. The molecular formula is C10H18F3N3O. The summed E-state index contributed by atoms with van der Waals surface area (Å²) in [6.45, 7) is 1.58. The number of halogens is 3. The third-order valence-corrected chi connectivity index (χ3v) is 3.10. The van der Waals surface area contributed by atoms with Crippen LogP contribution in [0.4, 0.5) is 13.2 Å². The van der Waals surface area contributed by atoms with Crippen LogP contribution in [0.15, 0.2) is 0 Å². The van der Waals surface area contributed by atoms with E-state index in [9.17, 15) is 18.0 Å². The molecule has 0 spiro atoms. The molecule has 1 amide bonds. The summed E-state index contributed by atoms with van der Waals surface area (Å²) in [7, 11) is 1.90. The van der Waals surface area contributed by atoms with E-state index in [0.717, 1.165) is 11.4 Å². The second kappa shape index (κ2) is 5.68. The topological polar surface area (TPSA) is 49.6 Å². The molecule has 7 heteroatoms. The van der Waals surface area contributed by atoms with E-state index in [1.165, 1.54) is 0 Å². The zero-order chi connectivity index (χ0) is 13.1. The number of rotatable bonds is 3. The summed E-state index contributed by atoms with van der Waals surface area (Å²) < 4.78 is 36.6. The van der Waals surface area contributed by atoms with Gasteiger partial charge in [0.25, 0.3) is 0 Å². The van der Waals surface area contributed by atoms with Crippen molar-refractivity contribution < 1.29 is 18.0 Å². The fraction of sp³-hybridized carbons (Fsp3) is 0.900. The smallest absolute Gasteiger partial charge is 0.335 e. The number of nitrogens with zero attached hydrogens (tertiary/aromatic N) is 2. The molecule has 2 N–H and O–H groups in total. The number of nitrogens with two attached hydrogens (primary N) is 1. The highest BCUT2D eigenvalue weighted by atomic mass is 19.4. The van der Waals surface area contributed by atoms with Gasteiger partial charge < -0.3 is 15.5 Å². The van der Waals surface area contributed by atoms with E-state index in [1.807, 2.05) is 11.9 Å². The van der Waals surface area contributed by atoms with Gasteiger partial charge in [-0.15, -0.1) is 0 Å². The van der Waals surface area contributed by atoms with Gasteiger partial charge in [0.15, 0.2) is 0 Å². The van der Waals surface area contributed by atoms with Crippen molar-refractivity contribution in [2.45, 2.75) is 25.1 Å². The van der Waals surface area contributed by atoms with Gasteiger partial charge in [0.2, 0.25) is 0 Å². The number of hydrogen-bond acceptors (Lipinski definition) is 3. The molecule has 1 heterocycles. The molecule has 0 saturated carbocycles. The molecule has 0 aliphatic carbocycles. The van der Waals surface area contributed by atoms with Crippen LogP contribution in [0.1, 0.15) is 12.8 Å². The molecule has 0 unspecified atom stereocenters. The van der Waals surface area contributed by atoms with E-state index < -0.39 is 12.1 Å². The van der Waals surface area contributed by atoms with Gasteiger partial charge in [0.05, 0.1) is 0 Å². The van der Waals surface area contributed by atoms with E-state index >= 15 is 0 Å². The standard InChI is InChI=1S/C10H18F3N3O/c1-15(7-4-14)8-2-5-16(6-3-8)9(17)10(11,12)13/h8H,2-7,14H2,1H3. The lowest BCUT2D eigenvalue weighted by Gasteiger charge is -2.36. The normalized spacial score (nSPS) is 18.8. The van der Waals surface area contributed by atoms with Crippen molar-refractivity contribution in [3.8, 4) is 0 Å². The zero-order valence-electron chi connectivity index (χ0n) is 9.83. The first-order valence-electron chi connectivity index (χ1n) is 5.62. The van der Waals surface area contributed by atoms with E-state index in [2.05, 4.69) is 0 Å². The average molecular weight is 253 g/mol. The van der Waals surface area contributed by atoms with Gasteiger partial charge in [0.1, 0.15) is 0 Å². The highest BCUT2D eigenvalue weighted by molar-refractivity contribution is 5.81. The number of likely N-dealkylation sites (tertiary alicyclic amines) is 1. The SMILES string of the molecule is CN(CCN)C1CCN(C(=O)C(F)(F)F)CC1. The molecule has 0 atom stereocenters. The van der Waals surface area contributed by atoms with E-state index in [1.54, 1.807) is 0 Å². The summed E-state index contributed by atoms with van der Waals surface area (Å²) in [6, 6.07) is 0.218. The van der Waals surface area contributed by atoms with Gasteiger partial charge in [-0.2, -0.15) is 13.2 Å². The van der Waals surface area contributed by atoms with Gasteiger partial charge in [-0.05, 0) is 19.9 Å². The minimum absolute atomic E-state index is 0.165. The fourth-order valence-electron chi connectivity index (χ4n) is 2.08. The van der Waals surface area contributed by atoms with Crippen LogP contribution in [0, 0.1) is 0 Å². The molecule has 1 aliphatic heterocycles. The van der Waals surface area contributed by atoms with Crippen LogP contribution in [0.25, 0.3) is 0 Å². The number of piperidine rings is 1. The Labute approximate surface area is 98.5 Å². The van der Waals surface area contributed by atoms with Crippen LogP contribution in [0.5, 0.6) is 0 Å². The van der Waals surface area contributed by atoms with E-state index in [0.29, 0.717) is 19.4 Å². The Hall–Kier alpha value is -0.820. The maximum atomic E-state index is 12.2. The van der Waals surface area contributed by atoms with Crippen LogP contribution in [-0.4, -0.2) is 61.2 Å². The monoisotopic (exact) mass is 253 g/mol. The van der Waals surface area contributed by atoms with Crippen molar-refractivity contribution in [1.29, 1.82) is 0 Å². The van der Waals surface area contributed by atoms with Crippen molar-refractivity contribution in [3.05, 3.63) is 0 Å². The Morgan fingerprint density at radius 1 is 1.41 bits per heavy atom. The lowest BCUT2D eigenvalue weighted by molar-refractivity contribution is -0.186. The highest BCUT2D eigenvalue weighted by Crippen LogP contribution is 2.22. The van der Waals surface area contributed by atoms with Gasteiger partial charge in [-0.25, -0.2) is 0 Å². The Morgan fingerprint density at radius 3 is 2.35 bits per heavy atom. The van der Waals surface area contributed by atoms with Crippen molar-refractivity contribution in [3.63, 3.8) is 0 Å². The molecule has 0 aromatic rings. The number of carbonyl (C=O) groups is 1. The first-order chi connectivity index (χ1) is 7.86. The van der Waals surface area contributed by atoms with Gasteiger partial charge in [-0.1, -0.05) is 0 Å². The zero-order valence-corrected chi connectivity index (χ0v) is 9.83. The van der Waals surface area contributed by atoms with Crippen molar-refractivity contribution in [2.24, 2.45) is 5.73 Å². The molecule has 0 aromatic carbocycles. The summed E-state index contributed by atoms with van der Waals surface area (Å²) in [5.74, 6) is -1.72. The second-order valence-electron chi connectivity index (χ2n) is 4.29. The summed E-state index contributed by atoms with van der Waals surface area (Å²) in [5.41, 5.74) is 5.41. The predicted molar refractivity (Wildman–Crippen MR) is 57.3 cm³/mol. The third kappa shape index (κ3) is 3.85. The molecule has 1 saturated heterocycles. The summed E-state index contributed by atoms with van der Waals surface area (Å²) in [4.78, 5) is 13.9. The minimum Gasteiger partial charge on any atom is -0.335 e. The van der Waals surface area contributed by atoms with Crippen LogP contribution >= 0.6 is 0 Å². The van der Waals surface area contributed by atoms with E-state index in [4.69, 9.17) is 5.73 Å². The highest BCUT2D eigenvalue weighted by Gasteiger charge is 2.43.